The number of hydrogen-bond donors (Lipinski definition) is 1. The summed E-state index contributed by atoms with van der Waals surface area (Å²) in [6.45, 7) is 7.19. The van der Waals surface area contributed by atoms with Crippen molar-refractivity contribution in [1.82, 2.24) is 0 Å². The molecular weight excluding hydrogens is 276 g/mol. The highest BCUT2D eigenvalue weighted by Crippen LogP contribution is 2.15. The van der Waals surface area contributed by atoms with E-state index < -0.39 is 12.2 Å². The minimum atomic E-state index is -0.630. The number of hydrogen-bond acceptors (Lipinski definition) is 3. The van der Waals surface area contributed by atoms with Gasteiger partial charge in [0.1, 0.15) is 6.10 Å². The number of esters is 1. The molecule has 0 fully saturated rings. The predicted octanol–water partition coefficient (Wildman–Crippen LogP) is 4.72. The lowest BCUT2D eigenvalue weighted by molar-refractivity contribution is -0.152. The smallest absolute Gasteiger partial charge is 0.302 e. The van der Waals surface area contributed by atoms with E-state index in [0.29, 0.717) is 12.8 Å². The van der Waals surface area contributed by atoms with Crippen molar-refractivity contribution in [2.45, 2.75) is 77.4 Å². The third-order valence-electron chi connectivity index (χ3n) is 3.36. The summed E-state index contributed by atoms with van der Waals surface area (Å²) in [7, 11) is 0. The Hall–Kier alpha value is -1.35. The number of aliphatic hydroxyl groups excluding tert-OH is 1. The molecule has 3 heteroatoms. The topological polar surface area (TPSA) is 46.5 Å². The molecule has 0 saturated carbocycles. The highest BCUT2D eigenvalue weighted by atomic mass is 16.6. The van der Waals surface area contributed by atoms with Crippen molar-refractivity contribution in [3.05, 3.63) is 37.0 Å². The molecule has 22 heavy (non-hydrogen) atoms. The van der Waals surface area contributed by atoms with Crippen LogP contribution in [0.3, 0.4) is 0 Å². The summed E-state index contributed by atoms with van der Waals surface area (Å²) >= 11 is 0. The lowest BCUT2D eigenvalue weighted by Gasteiger charge is -2.21. The summed E-state index contributed by atoms with van der Waals surface area (Å²) in [6, 6.07) is 0. The minimum Gasteiger partial charge on any atom is -0.460 e. The molecule has 0 aliphatic carbocycles. The molecule has 0 saturated heterocycles. The molecule has 2 unspecified atom stereocenters. The highest BCUT2D eigenvalue weighted by molar-refractivity contribution is 5.66. The monoisotopic (exact) mass is 308 g/mol. The summed E-state index contributed by atoms with van der Waals surface area (Å²) in [6.07, 6.45) is 16.3. The van der Waals surface area contributed by atoms with E-state index >= 15 is 0 Å². The zero-order chi connectivity index (χ0) is 16.6. The number of aliphatic hydroxyl groups is 1. The Morgan fingerprint density at radius 2 is 1.91 bits per heavy atom. The normalized spacial score (nSPS) is 14.3. The number of allylic oxidation sites excluding steroid dienone is 4. The molecule has 0 aromatic rings. The van der Waals surface area contributed by atoms with Crippen molar-refractivity contribution < 1.29 is 14.6 Å². The first kappa shape index (κ1) is 20.6. The Kier molecular flexibility index (Phi) is 13.7. The standard InChI is InChI=1S/C19H32O3/c1-4-6-8-10-12-13-15-18(21)19(22-17(3)20)16-14-11-9-7-5-2/h5-6,8,12-13,18-19,21H,2,4,7,9-11,14-16H2,1,3H3. The van der Waals surface area contributed by atoms with Crippen LogP contribution in [0.25, 0.3) is 0 Å². The van der Waals surface area contributed by atoms with Crippen LogP contribution in [-0.4, -0.2) is 23.3 Å². The van der Waals surface area contributed by atoms with Gasteiger partial charge in [-0.25, -0.2) is 0 Å². The molecule has 3 nitrogen and oxygen atoms in total. The fourth-order valence-corrected chi connectivity index (χ4v) is 2.18. The van der Waals surface area contributed by atoms with Gasteiger partial charge in [0.05, 0.1) is 6.10 Å². The van der Waals surface area contributed by atoms with Crippen LogP contribution in [0.1, 0.15) is 65.2 Å². The molecule has 0 aliphatic heterocycles. The fourth-order valence-electron chi connectivity index (χ4n) is 2.18. The van der Waals surface area contributed by atoms with Crippen LogP contribution in [0.2, 0.25) is 0 Å². The number of carbonyl (C=O) groups excluding carboxylic acids is 1. The van der Waals surface area contributed by atoms with Gasteiger partial charge in [0.15, 0.2) is 0 Å². The van der Waals surface area contributed by atoms with Crippen LogP contribution < -0.4 is 0 Å². The van der Waals surface area contributed by atoms with Gasteiger partial charge in [-0.1, -0.05) is 43.7 Å². The van der Waals surface area contributed by atoms with E-state index in [-0.39, 0.29) is 5.97 Å². The van der Waals surface area contributed by atoms with Crippen LogP contribution in [-0.2, 0) is 9.53 Å². The first-order valence-electron chi connectivity index (χ1n) is 8.38. The van der Waals surface area contributed by atoms with Crippen LogP contribution in [0.4, 0.5) is 0 Å². The highest BCUT2D eigenvalue weighted by Gasteiger charge is 2.20. The first-order chi connectivity index (χ1) is 10.6. The van der Waals surface area contributed by atoms with Gasteiger partial charge in [0, 0.05) is 6.92 Å². The van der Waals surface area contributed by atoms with Gasteiger partial charge >= 0.3 is 5.97 Å². The molecule has 0 heterocycles. The molecule has 126 valence electrons. The van der Waals surface area contributed by atoms with Crippen molar-refractivity contribution in [2.75, 3.05) is 0 Å². The molecule has 1 N–H and O–H groups in total. The second-order valence-corrected chi connectivity index (χ2v) is 5.46. The molecule has 2 atom stereocenters. The average molecular weight is 308 g/mol. The molecular formula is C19H32O3. The number of rotatable bonds is 13. The van der Waals surface area contributed by atoms with Crippen molar-refractivity contribution >= 4 is 5.97 Å². The Bertz CT molecular complexity index is 345. The van der Waals surface area contributed by atoms with E-state index in [9.17, 15) is 9.90 Å². The molecule has 0 radical (unpaired) electrons. The number of ether oxygens (including phenoxy) is 1. The maximum atomic E-state index is 11.2. The molecule has 0 amide bonds. The Labute approximate surface area is 135 Å². The van der Waals surface area contributed by atoms with Crippen LogP contribution in [0.5, 0.6) is 0 Å². The second kappa shape index (κ2) is 14.6. The summed E-state index contributed by atoms with van der Waals surface area (Å²) in [5.74, 6) is -0.329. The molecule has 0 aromatic carbocycles. The van der Waals surface area contributed by atoms with Gasteiger partial charge in [0.2, 0.25) is 0 Å². The van der Waals surface area contributed by atoms with Gasteiger partial charge in [-0.3, -0.25) is 4.79 Å². The Morgan fingerprint density at radius 3 is 2.55 bits per heavy atom. The third-order valence-corrected chi connectivity index (χ3v) is 3.36. The van der Waals surface area contributed by atoms with E-state index in [4.69, 9.17) is 4.74 Å². The largest absolute Gasteiger partial charge is 0.460 e. The van der Waals surface area contributed by atoms with Crippen molar-refractivity contribution in [3.8, 4) is 0 Å². The fraction of sp³-hybridized carbons (Fsp3) is 0.632. The summed E-state index contributed by atoms with van der Waals surface area (Å²) in [5, 5.41) is 10.2. The minimum absolute atomic E-state index is 0.329. The summed E-state index contributed by atoms with van der Waals surface area (Å²) in [5.41, 5.74) is 0. The van der Waals surface area contributed by atoms with E-state index in [2.05, 4.69) is 25.7 Å². The lowest BCUT2D eigenvalue weighted by Crippen LogP contribution is -2.30. The summed E-state index contributed by atoms with van der Waals surface area (Å²) in [4.78, 5) is 11.2. The van der Waals surface area contributed by atoms with Crippen molar-refractivity contribution in [2.24, 2.45) is 0 Å². The van der Waals surface area contributed by atoms with Crippen molar-refractivity contribution in [3.63, 3.8) is 0 Å². The van der Waals surface area contributed by atoms with Crippen LogP contribution >= 0.6 is 0 Å². The number of unbranched alkanes of at least 4 members (excludes halogenated alkanes) is 3. The Balaban J connectivity index is 4.14. The van der Waals surface area contributed by atoms with E-state index in [1.54, 1.807) is 0 Å². The lowest BCUT2D eigenvalue weighted by atomic mass is 10.0. The second-order valence-electron chi connectivity index (χ2n) is 5.46. The predicted molar refractivity (Wildman–Crippen MR) is 92.6 cm³/mol. The molecule has 0 aliphatic rings. The quantitative estimate of drug-likeness (QED) is 0.304. The van der Waals surface area contributed by atoms with Gasteiger partial charge < -0.3 is 9.84 Å². The van der Waals surface area contributed by atoms with Gasteiger partial charge in [-0.15, -0.1) is 6.58 Å². The maximum Gasteiger partial charge on any atom is 0.302 e. The zero-order valence-electron chi connectivity index (χ0n) is 14.2. The molecule has 0 spiro atoms. The maximum absolute atomic E-state index is 11.2. The molecule has 0 rings (SSSR count). The van der Waals surface area contributed by atoms with Gasteiger partial charge in [-0.05, 0) is 44.9 Å². The van der Waals surface area contributed by atoms with Crippen molar-refractivity contribution in [1.29, 1.82) is 0 Å². The average Bonchev–Trinajstić information content (AvgIpc) is 2.48. The van der Waals surface area contributed by atoms with Gasteiger partial charge in [-0.2, -0.15) is 0 Å². The zero-order valence-corrected chi connectivity index (χ0v) is 14.2. The third kappa shape index (κ3) is 12.4. The van der Waals surface area contributed by atoms with E-state index in [1.165, 1.54) is 6.92 Å². The van der Waals surface area contributed by atoms with Crippen LogP contribution in [0.15, 0.2) is 37.0 Å². The Morgan fingerprint density at radius 1 is 1.18 bits per heavy atom. The first-order valence-corrected chi connectivity index (χ1v) is 8.38. The van der Waals surface area contributed by atoms with E-state index in [1.807, 2.05) is 18.2 Å². The van der Waals surface area contributed by atoms with Crippen LogP contribution in [0, 0.1) is 0 Å². The summed E-state index contributed by atoms with van der Waals surface area (Å²) < 4.78 is 5.26. The molecule has 0 aromatic heterocycles. The molecule has 0 bridgehead atoms. The van der Waals surface area contributed by atoms with E-state index in [0.717, 1.165) is 38.5 Å². The van der Waals surface area contributed by atoms with Gasteiger partial charge in [0.25, 0.3) is 0 Å². The SMILES string of the molecule is C=CCCCCCC(OC(C)=O)C(O)CC=CCC=CCC. The number of carbonyl (C=O) groups is 1.